The summed E-state index contributed by atoms with van der Waals surface area (Å²) < 4.78 is 5.12. The van der Waals surface area contributed by atoms with Gasteiger partial charge in [-0.05, 0) is 49.1 Å². The van der Waals surface area contributed by atoms with Crippen molar-refractivity contribution in [2.75, 3.05) is 6.54 Å². The molecule has 1 aromatic rings. The maximum absolute atomic E-state index is 11.9. The van der Waals surface area contributed by atoms with E-state index in [1.807, 2.05) is 0 Å². The zero-order chi connectivity index (χ0) is 14.7. The molecule has 2 amide bonds. The molecule has 2 saturated carbocycles. The molecule has 5 heteroatoms. The first-order valence-electron chi connectivity index (χ1n) is 7.76. The van der Waals surface area contributed by atoms with Crippen molar-refractivity contribution < 1.29 is 14.0 Å². The fourth-order valence-corrected chi connectivity index (χ4v) is 3.78. The van der Waals surface area contributed by atoms with Crippen LogP contribution in [0.5, 0.6) is 0 Å². The van der Waals surface area contributed by atoms with Crippen molar-refractivity contribution in [3.8, 4) is 0 Å². The highest BCUT2D eigenvalue weighted by molar-refractivity contribution is 5.84. The van der Waals surface area contributed by atoms with Crippen molar-refractivity contribution in [3.63, 3.8) is 0 Å². The van der Waals surface area contributed by atoms with E-state index >= 15 is 0 Å². The van der Waals surface area contributed by atoms with Crippen LogP contribution in [0.3, 0.4) is 0 Å². The van der Waals surface area contributed by atoms with Crippen LogP contribution in [0, 0.1) is 17.8 Å². The minimum atomic E-state index is -0.187. The van der Waals surface area contributed by atoms with Gasteiger partial charge in [-0.1, -0.05) is 6.42 Å². The molecule has 2 N–H and O–H groups in total. The highest BCUT2D eigenvalue weighted by Gasteiger charge is 2.40. The van der Waals surface area contributed by atoms with Crippen LogP contribution in [0.25, 0.3) is 0 Å². The first-order valence-corrected chi connectivity index (χ1v) is 7.76. The minimum Gasteiger partial charge on any atom is -0.467 e. The number of hydrogen-bond acceptors (Lipinski definition) is 3. The molecule has 3 atom stereocenters. The molecule has 1 heterocycles. The number of furan rings is 1. The Kier molecular flexibility index (Phi) is 4.27. The molecular weight excluding hydrogens is 268 g/mol. The maximum Gasteiger partial charge on any atom is 0.239 e. The van der Waals surface area contributed by atoms with Gasteiger partial charge in [-0.25, -0.2) is 0 Å². The number of hydrogen-bond donors (Lipinski definition) is 2. The van der Waals surface area contributed by atoms with Gasteiger partial charge in [-0.15, -0.1) is 0 Å². The molecule has 0 radical (unpaired) electrons. The van der Waals surface area contributed by atoms with E-state index in [-0.39, 0.29) is 18.4 Å². The van der Waals surface area contributed by atoms with Crippen molar-refractivity contribution in [1.82, 2.24) is 10.6 Å². The SMILES string of the molecule is O=C(CNC(=O)CC1CC2CCC1C2)NCc1ccco1. The number of fused-ring (bicyclic) bond motifs is 2. The summed E-state index contributed by atoms with van der Waals surface area (Å²) in [5.74, 6) is 2.65. The molecular formula is C16H22N2O3. The molecule has 5 nitrogen and oxygen atoms in total. The lowest BCUT2D eigenvalue weighted by atomic mass is 9.86. The molecule has 2 fully saturated rings. The highest BCUT2D eigenvalue weighted by Crippen LogP contribution is 2.49. The minimum absolute atomic E-state index is 0.000647. The molecule has 1 aromatic heterocycles. The fraction of sp³-hybridized carbons (Fsp3) is 0.625. The van der Waals surface area contributed by atoms with E-state index in [2.05, 4.69) is 10.6 Å². The summed E-state index contributed by atoms with van der Waals surface area (Å²) in [4.78, 5) is 23.5. The molecule has 0 spiro atoms. The zero-order valence-electron chi connectivity index (χ0n) is 12.1. The second-order valence-electron chi connectivity index (χ2n) is 6.27. The second kappa shape index (κ2) is 6.33. The lowest BCUT2D eigenvalue weighted by Gasteiger charge is -2.20. The van der Waals surface area contributed by atoms with Gasteiger partial charge in [0.15, 0.2) is 0 Å². The smallest absolute Gasteiger partial charge is 0.239 e. The van der Waals surface area contributed by atoms with E-state index in [4.69, 9.17) is 4.42 Å². The standard InChI is InChI=1S/C16H22N2O3/c19-15(8-13-7-11-3-4-12(13)6-11)18-10-16(20)17-9-14-2-1-5-21-14/h1-2,5,11-13H,3-4,6-10H2,(H,17,20)(H,18,19). The van der Waals surface area contributed by atoms with Gasteiger partial charge in [0.25, 0.3) is 0 Å². The van der Waals surface area contributed by atoms with Crippen LogP contribution in [-0.2, 0) is 16.1 Å². The summed E-state index contributed by atoms with van der Waals surface area (Å²) in [5, 5.41) is 5.43. The largest absolute Gasteiger partial charge is 0.467 e. The molecule has 0 saturated heterocycles. The third-order valence-corrected chi connectivity index (χ3v) is 4.82. The van der Waals surface area contributed by atoms with Gasteiger partial charge in [0.1, 0.15) is 5.76 Å². The van der Waals surface area contributed by atoms with Crippen molar-refractivity contribution in [2.45, 2.75) is 38.6 Å². The van der Waals surface area contributed by atoms with Crippen molar-refractivity contribution in [1.29, 1.82) is 0 Å². The van der Waals surface area contributed by atoms with Crippen molar-refractivity contribution >= 4 is 11.8 Å². The lowest BCUT2D eigenvalue weighted by Crippen LogP contribution is -2.37. The Hall–Kier alpha value is -1.78. The molecule has 3 rings (SSSR count). The van der Waals surface area contributed by atoms with E-state index in [1.165, 1.54) is 25.7 Å². The topological polar surface area (TPSA) is 71.3 Å². The van der Waals surface area contributed by atoms with Gasteiger partial charge in [0.05, 0.1) is 19.4 Å². The summed E-state index contributed by atoms with van der Waals surface area (Å²) in [7, 11) is 0. The van der Waals surface area contributed by atoms with E-state index in [0.29, 0.717) is 24.6 Å². The Morgan fingerprint density at radius 2 is 2.10 bits per heavy atom. The summed E-state index contributed by atoms with van der Waals surface area (Å²) in [6.07, 6.45) is 7.28. The molecule has 2 bridgehead atoms. The second-order valence-corrected chi connectivity index (χ2v) is 6.27. The summed E-state index contributed by atoms with van der Waals surface area (Å²) >= 11 is 0. The monoisotopic (exact) mass is 290 g/mol. The average molecular weight is 290 g/mol. The van der Waals surface area contributed by atoms with Crippen LogP contribution >= 0.6 is 0 Å². The molecule has 0 aliphatic heterocycles. The Morgan fingerprint density at radius 1 is 1.19 bits per heavy atom. The van der Waals surface area contributed by atoms with Crippen LogP contribution in [0.4, 0.5) is 0 Å². The quantitative estimate of drug-likeness (QED) is 0.839. The highest BCUT2D eigenvalue weighted by atomic mass is 16.3. The lowest BCUT2D eigenvalue weighted by molar-refractivity contribution is -0.127. The van der Waals surface area contributed by atoms with Gasteiger partial charge in [0, 0.05) is 6.42 Å². The van der Waals surface area contributed by atoms with Crippen LogP contribution in [0.2, 0.25) is 0 Å². The number of carbonyl (C=O) groups excluding carboxylic acids is 2. The first-order chi connectivity index (χ1) is 10.2. The fourth-order valence-electron chi connectivity index (χ4n) is 3.78. The third kappa shape index (κ3) is 3.65. The number of carbonyl (C=O) groups is 2. The maximum atomic E-state index is 11.9. The molecule has 21 heavy (non-hydrogen) atoms. The van der Waals surface area contributed by atoms with Crippen LogP contribution < -0.4 is 10.6 Å². The van der Waals surface area contributed by atoms with Crippen LogP contribution in [-0.4, -0.2) is 18.4 Å². The third-order valence-electron chi connectivity index (χ3n) is 4.82. The summed E-state index contributed by atoms with van der Waals surface area (Å²) in [5.41, 5.74) is 0. The summed E-state index contributed by atoms with van der Waals surface area (Å²) in [6, 6.07) is 3.58. The van der Waals surface area contributed by atoms with Gasteiger partial charge >= 0.3 is 0 Å². The van der Waals surface area contributed by atoms with E-state index < -0.39 is 0 Å². The Morgan fingerprint density at radius 3 is 2.76 bits per heavy atom. The summed E-state index contributed by atoms with van der Waals surface area (Å²) in [6.45, 7) is 0.397. The zero-order valence-corrected chi connectivity index (χ0v) is 12.1. The molecule has 3 unspecified atom stereocenters. The molecule has 114 valence electrons. The van der Waals surface area contributed by atoms with Crippen molar-refractivity contribution in [2.24, 2.45) is 17.8 Å². The van der Waals surface area contributed by atoms with Gasteiger partial charge in [-0.2, -0.15) is 0 Å². The van der Waals surface area contributed by atoms with Crippen LogP contribution in [0.1, 0.15) is 37.9 Å². The van der Waals surface area contributed by atoms with Gasteiger partial charge in [-0.3, -0.25) is 9.59 Å². The number of rotatable bonds is 6. The van der Waals surface area contributed by atoms with Crippen molar-refractivity contribution in [3.05, 3.63) is 24.2 Å². The average Bonchev–Trinajstić information content (AvgIpc) is 3.20. The number of amides is 2. The van der Waals surface area contributed by atoms with Gasteiger partial charge < -0.3 is 15.1 Å². The van der Waals surface area contributed by atoms with E-state index in [1.54, 1.807) is 18.4 Å². The Balaban J connectivity index is 1.33. The van der Waals surface area contributed by atoms with E-state index in [9.17, 15) is 9.59 Å². The van der Waals surface area contributed by atoms with Crippen LogP contribution in [0.15, 0.2) is 22.8 Å². The van der Waals surface area contributed by atoms with E-state index in [0.717, 1.165) is 11.8 Å². The predicted molar refractivity (Wildman–Crippen MR) is 77.1 cm³/mol. The first kappa shape index (κ1) is 14.2. The Labute approximate surface area is 124 Å². The molecule has 2 aliphatic carbocycles. The Bertz CT molecular complexity index is 498. The number of nitrogens with one attached hydrogen (secondary N) is 2. The predicted octanol–water partition coefficient (Wildman–Crippen LogP) is 1.84. The molecule has 2 aliphatic rings. The normalized spacial score (nSPS) is 26.8. The van der Waals surface area contributed by atoms with Gasteiger partial charge in [0.2, 0.25) is 11.8 Å². The molecule has 0 aromatic carbocycles.